The fourth-order valence-corrected chi connectivity index (χ4v) is 3.23. The zero-order valence-corrected chi connectivity index (χ0v) is 14.1. The van der Waals surface area contributed by atoms with Crippen LogP contribution in [0.5, 0.6) is 0 Å². The summed E-state index contributed by atoms with van der Waals surface area (Å²) in [5.41, 5.74) is -0.482. The Labute approximate surface area is 132 Å². The lowest BCUT2D eigenvalue weighted by molar-refractivity contribution is -0.130. The van der Waals surface area contributed by atoms with Crippen LogP contribution in [0.3, 0.4) is 0 Å². The summed E-state index contributed by atoms with van der Waals surface area (Å²) in [6, 6.07) is 0.128. The maximum absolute atomic E-state index is 12.2. The van der Waals surface area contributed by atoms with E-state index < -0.39 is 5.60 Å². The number of nitrogens with zero attached hydrogens (tertiary/aromatic N) is 2. The maximum Gasteiger partial charge on any atom is 0.410 e. The van der Waals surface area contributed by atoms with E-state index in [1.165, 1.54) is 0 Å². The molecule has 5 nitrogen and oxygen atoms in total. The van der Waals surface area contributed by atoms with Crippen LogP contribution in [0, 0.1) is 5.92 Å². The van der Waals surface area contributed by atoms with Crippen molar-refractivity contribution in [3.05, 3.63) is 0 Å². The largest absolute Gasteiger partial charge is 0.444 e. The zero-order valence-electron chi connectivity index (χ0n) is 13.2. The summed E-state index contributed by atoms with van der Waals surface area (Å²) in [6.45, 7) is 7.67. The van der Waals surface area contributed by atoms with E-state index in [0.29, 0.717) is 25.4 Å². The molecule has 21 heavy (non-hydrogen) atoms. The van der Waals surface area contributed by atoms with Crippen molar-refractivity contribution in [1.29, 1.82) is 0 Å². The Bertz CT molecular complexity index is 408. The molecule has 0 aromatic carbocycles. The predicted molar refractivity (Wildman–Crippen MR) is 84.5 cm³/mol. The van der Waals surface area contributed by atoms with E-state index in [9.17, 15) is 9.59 Å². The minimum Gasteiger partial charge on any atom is -0.444 e. The average Bonchev–Trinajstić information content (AvgIpc) is 2.78. The van der Waals surface area contributed by atoms with Crippen LogP contribution >= 0.6 is 12.6 Å². The molecular weight excluding hydrogens is 288 g/mol. The van der Waals surface area contributed by atoms with Crippen LogP contribution in [0.1, 0.15) is 40.0 Å². The number of carbonyl (C=O) groups excluding carboxylic acids is 2. The number of ether oxygens (including phenoxy) is 1. The van der Waals surface area contributed by atoms with Crippen LogP contribution < -0.4 is 0 Å². The number of piperidine rings is 1. The van der Waals surface area contributed by atoms with Crippen LogP contribution in [0.15, 0.2) is 0 Å². The first-order valence-corrected chi connectivity index (χ1v) is 8.31. The van der Waals surface area contributed by atoms with Gasteiger partial charge >= 0.3 is 6.09 Å². The van der Waals surface area contributed by atoms with Crippen molar-refractivity contribution < 1.29 is 14.3 Å². The molecule has 2 heterocycles. The molecule has 0 radical (unpaired) electrons. The van der Waals surface area contributed by atoms with Crippen molar-refractivity contribution in [1.82, 2.24) is 9.80 Å². The summed E-state index contributed by atoms with van der Waals surface area (Å²) >= 11 is 4.29. The highest BCUT2D eigenvalue weighted by Crippen LogP contribution is 2.26. The highest BCUT2D eigenvalue weighted by Gasteiger charge is 2.37. The van der Waals surface area contributed by atoms with Crippen LogP contribution in [0.4, 0.5) is 4.79 Å². The molecule has 120 valence electrons. The number of hydrogen-bond donors (Lipinski definition) is 1. The third-order valence-electron chi connectivity index (χ3n) is 3.99. The van der Waals surface area contributed by atoms with Gasteiger partial charge in [-0.05, 0) is 45.3 Å². The van der Waals surface area contributed by atoms with Gasteiger partial charge in [-0.1, -0.05) is 0 Å². The zero-order chi connectivity index (χ0) is 15.6. The number of amides is 2. The Balaban J connectivity index is 1.95. The first kappa shape index (κ1) is 16.5. The van der Waals surface area contributed by atoms with Gasteiger partial charge in [0.2, 0.25) is 5.91 Å². The molecular formula is C15H26N2O3S. The maximum atomic E-state index is 12.2. The molecule has 1 unspecified atom stereocenters. The second kappa shape index (κ2) is 6.46. The quantitative estimate of drug-likeness (QED) is 0.795. The summed E-state index contributed by atoms with van der Waals surface area (Å²) in [7, 11) is 0. The van der Waals surface area contributed by atoms with Gasteiger partial charge in [0.1, 0.15) is 5.60 Å². The van der Waals surface area contributed by atoms with Crippen molar-refractivity contribution in [2.45, 2.75) is 51.7 Å². The number of rotatable bonds is 2. The third kappa shape index (κ3) is 4.28. The van der Waals surface area contributed by atoms with Crippen molar-refractivity contribution >= 4 is 24.6 Å². The van der Waals surface area contributed by atoms with Crippen LogP contribution in [0.2, 0.25) is 0 Å². The average molecular weight is 314 g/mol. The highest BCUT2D eigenvalue weighted by molar-refractivity contribution is 7.80. The van der Waals surface area contributed by atoms with E-state index in [1.54, 1.807) is 4.90 Å². The monoisotopic (exact) mass is 314 g/mol. The van der Waals surface area contributed by atoms with Crippen molar-refractivity contribution in [2.24, 2.45) is 5.92 Å². The van der Waals surface area contributed by atoms with E-state index in [0.717, 1.165) is 25.1 Å². The molecule has 0 N–H and O–H groups in total. The van der Waals surface area contributed by atoms with Crippen molar-refractivity contribution in [3.8, 4) is 0 Å². The molecule has 2 aliphatic rings. The minimum atomic E-state index is -0.482. The molecule has 0 spiro atoms. The minimum absolute atomic E-state index is 0.128. The SMILES string of the molecule is CC(C)(C)OC(=O)N1CCC[C@@H](N2CC(CS)CC2=O)C1. The Hall–Kier alpha value is -0.910. The van der Waals surface area contributed by atoms with Gasteiger partial charge in [0.05, 0.1) is 0 Å². The molecule has 2 fully saturated rings. The van der Waals surface area contributed by atoms with Gasteiger partial charge in [0.25, 0.3) is 0 Å². The van der Waals surface area contributed by atoms with Crippen molar-refractivity contribution in [2.75, 3.05) is 25.4 Å². The molecule has 6 heteroatoms. The molecule has 2 amide bonds. The van der Waals surface area contributed by atoms with Gasteiger partial charge in [-0.25, -0.2) is 4.79 Å². The summed E-state index contributed by atoms with van der Waals surface area (Å²) in [6.07, 6.45) is 2.19. The van der Waals surface area contributed by atoms with E-state index in [-0.39, 0.29) is 18.0 Å². The molecule has 2 rings (SSSR count). The lowest BCUT2D eigenvalue weighted by Crippen LogP contribution is -2.51. The fourth-order valence-electron chi connectivity index (χ4n) is 2.99. The molecule has 0 saturated carbocycles. The van der Waals surface area contributed by atoms with Gasteiger partial charge < -0.3 is 14.5 Å². The van der Waals surface area contributed by atoms with E-state index in [1.807, 2.05) is 25.7 Å². The lowest BCUT2D eigenvalue weighted by atomic mass is 10.0. The Morgan fingerprint density at radius 3 is 2.67 bits per heavy atom. The van der Waals surface area contributed by atoms with Gasteiger partial charge in [0.15, 0.2) is 0 Å². The standard InChI is InChI=1S/C15H26N2O3S/c1-15(2,3)20-14(19)16-6-4-5-12(9-16)17-8-11(10-21)7-13(17)18/h11-12,21H,4-10H2,1-3H3/t11?,12-/m1/s1. The first-order valence-electron chi connectivity index (χ1n) is 7.68. The molecule has 0 aromatic heterocycles. The first-order chi connectivity index (χ1) is 9.80. The summed E-state index contributed by atoms with van der Waals surface area (Å²) < 4.78 is 5.43. The number of likely N-dealkylation sites (tertiary alicyclic amines) is 2. The Kier molecular flexibility index (Phi) is 5.07. The van der Waals surface area contributed by atoms with Gasteiger partial charge in [-0.3, -0.25) is 4.79 Å². The smallest absolute Gasteiger partial charge is 0.410 e. The number of carbonyl (C=O) groups is 2. The highest BCUT2D eigenvalue weighted by atomic mass is 32.1. The molecule has 0 aromatic rings. The summed E-state index contributed by atoms with van der Waals surface area (Å²) in [5.74, 6) is 1.29. The number of hydrogen-bond acceptors (Lipinski definition) is 4. The molecule has 2 atom stereocenters. The van der Waals surface area contributed by atoms with E-state index in [2.05, 4.69) is 12.6 Å². The third-order valence-corrected chi connectivity index (χ3v) is 4.50. The Morgan fingerprint density at radius 2 is 2.10 bits per heavy atom. The number of thiol groups is 1. The lowest BCUT2D eigenvalue weighted by Gasteiger charge is -2.38. The van der Waals surface area contributed by atoms with Crippen LogP contribution in [-0.2, 0) is 9.53 Å². The van der Waals surface area contributed by atoms with Gasteiger partial charge in [-0.2, -0.15) is 12.6 Å². The molecule has 2 aliphatic heterocycles. The fraction of sp³-hybridized carbons (Fsp3) is 0.867. The van der Waals surface area contributed by atoms with Gasteiger partial charge in [0, 0.05) is 32.1 Å². The topological polar surface area (TPSA) is 49.9 Å². The summed E-state index contributed by atoms with van der Waals surface area (Å²) in [5, 5.41) is 0. The van der Waals surface area contributed by atoms with Gasteiger partial charge in [-0.15, -0.1) is 0 Å². The molecule has 2 saturated heterocycles. The van der Waals surface area contributed by atoms with Crippen molar-refractivity contribution in [3.63, 3.8) is 0 Å². The second-order valence-corrected chi connectivity index (χ2v) is 7.39. The molecule has 0 bridgehead atoms. The molecule has 0 aliphatic carbocycles. The van der Waals surface area contributed by atoms with E-state index in [4.69, 9.17) is 4.74 Å². The van der Waals surface area contributed by atoms with E-state index >= 15 is 0 Å². The normalized spacial score (nSPS) is 27.1. The second-order valence-electron chi connectivity index (χ2n) is 7.02. The van der Waals surface area contributed by atoms with Crippen LogP contribution in [-0.4, -0.2) is 58.8 Å². The van der Waals surface area contributed by atoms with Crippen LogP contribution in [0.25, 0.3) is 0 Å². The predicted octanol–water partition coefficient (Wildman–Crippen LogP) is 2.16. The Morgan fingerprint density at radius 1 is 1.38 bits per heavy atom. The summed E-state index contributed by atoms with van der Waals surface area (Å²) in [4.78, 5) is 27.9.